The maximum atomic E-state index is 12.2. The molecule has 2 atom stereocenters. The van der Waals surface area contributed by atoms with Crippen LogP contribution in [0.25, 0.3) is 0 Å². The molecule has 0 aromatic rings. The van der Waals surface area contributed by atoms with Crippen LogP contribution < -0.4 is 11.1 Å². The lowest BCUT2D eigenvalue weighted by molar-refractivity contribution is -0.123. The van der Waals surface area contributed by atoms with Gasteiger partial charge in [0.25, 0.3) is 0 Å². The summed E-state index contributed by atoms with van der Waals surface area (Å²) in [5, 5.41) is 3.18. The number of nitrogens with two attached hydrogens (primary N) is 1. The molecule has 2 saturated carbocycles. The molecular weight excluding hydrogens is 321 g/mol. The van der Waals surface area contributed by atoms with Crippen LogP contribution >= 0.6 is 24.8 Å². The minimum atomic E-state index is 0. The Morgan fingerprint density at radius 2 is 1.73 bits per heavy atom. The van der Waals surface area contributed by atoms with Crippen LogP contribution in [-0.2, 0) is 4.79 Å². The van der Waals surface area contributed by atoms with Gasteiger partial charge in [-0.1, -0.05) is 25.7 Å². The Labute approximate surface area is 147 Å². The highest BCUT2D eigenvalue weighted by Gasteiger charge is 2.36. The predicted octanol–water partition coefficient (Wildman–Crippen LogP) is 2.73. The second-order valence-corrected chi connectivity index (χ2v) is 7.02. The molecule has 0 aromatic carbocycles. The van der Waals surface area contributed by atoms with Crippen LogP contribution in [0.15, 0.2) is 0 Å². The third-order valence-electron chi connectivity index (χ3n) is 5.51. The second kappa shape index (κ2) is 9.96. The van der Waals surface area contributed by atoms with Crippen molar-refractivity contribution in [1.29, 1.82) is 0 Å². The summed E-state index contributed by atoms with van der Waals surface area (Å²) in [6, 6.07) is 0.226. The van der Waals surface area contributed by atoms with Crippen LogP contribution in [0.1, 0.15) is 57.8 Å². The molecule has 2 aliphatic rings. The number of hydrogen-bond acceptors (Lipinski definition) is 3. The van der Waals surface area contributed by atoms with Crippen molar-refractivity contribution in [2.45, 2.75) is 69.4 Å². The van der Waals surface area contributed by atoms with Crippen molar-refractivity contribution in [3.8, 4) is 0 Å². The van der Waals surface area contributed by atoms with Crippen LogP contribution in [0.2, 0.25) is 0 Å². The number of amides is 1. The van der Waals surface area contributed by atoms with Crippen LogP contribution in [-0.4, -0.2) is 43.0 Å². The number of nitrogens with one attached hydrogen (secondary N) is 1. The lowest BCUT2D eigenvalue weighted by Crippen LogP contribution is -2.51. The van der Waals surface area contributed by atoms with E-state index in [1.165, 1.54) is 38.5 Å². The van der Waals surface area contributed by atoms with Crippen molar-refractivity contribution in [3.05, 3.63) is 0 Å². The van der Waals surface area contributed by atoms with Crippen molar-refractivity contribution in [1.82, 2.24) is 10.2 Å². The predicted molar refractivity (Wildman–Crippen MR) is 96.9 cm³/mol. The maximum absolute atomic E-state index is 12.2. The quantitative estimate of drug-likeness (QED) is 0.798. The molecule has 22 heavy (non-hydrogen) atoms. The Hall–Kier alpha value is -0.0300. The first-order valence-electron chi connectivity index (χ1n) is 8.23. The third kappa shape index (κ3) is 5.55. The highest BCUT2D eigenvalue weighted by Crippen LogP contribution is 2.33. The molecule has 6 heteroatoms. The fourth-order valence-electron chi connectivity index (χ4n) is 3.88. The Bertz CT molecular complexity index is 333. The summed E-state index contributed by atoms with van der Waals surface area (Å²) in [6.45, 7) is 0.792. The van der Waals surface area contributed by atoms with E-state index < -0.39 is 0 Å². The summed E-state index contributed by atoms with van der Waals surface area (Å²) in [4.78, 5) is 14.5. The van der Waals surface area contributed by atoms with Gasteiger partial charge in [0.15, 0.2) is 0 Å². The summed E-state index contributed by atoms with van der Waals surface area (Å²) in [5.74, 6) is 0.586. The molecule has 0 saturated heterocycles. The van der Waals surface area contributed by atoms with Crippen LogP contribution in [0.4, 0.5) is 0 Å². The second-order valence-electron chi connectivity index (χ2n) is 7.02. The molecule has 0 aliphatic heterocycles. The van der Waals surface area contributed by atoms with E-state index in [4.69, 9.17) is 5.73 Å². The lowest BCUT2D eigenvalue weighted by Gasteiger charge is -2.37. The number of hydrogen-bond donors (Lipinski definition) is 2. The molecular formula is C16H33Cl2N3O. The summed E-state index contributed by atoms with van der Waals surface area (Å²) in [6.07, 6.45) is 10.2. The molecule has 3 N–H and O–H groups in total. The van der Waals surface area contributed by atoms with Gasteiger partial charge in [-0.3, -0.25) is 4.79 Å². The van der Waals surface area contributed by atoms with E-state index in [2.05, 4.69) is 24.3 Å². The minimum absolute atomic E-state index is 0. The third-order valence-corrected chi connectivity index (χ3v) is 5.51. The van der Waals surface area contributed by atoms with Gasteiger partial charge < -0.3 is 16.0 Å². The van der Waals surface area contributed by atoms with E-state index >= 15 is 0 Å². The molecule has 2 aliphatic carbocycles. The number of carbonyl (C=O) groups excluding carboxylic acids is 1. The molecule has 2 fully saturated rings. The molecule has 4 nitrogen and oxygen atoms in total. The molecule has 2 rings (SSSR count). The zero-order valence-electron chi connectivity index (χ0n) is 14.0. The van der Waals surface area contributed by atoms with Gasteiger partial charge in [0.2, 0.25) is 5.91 Å². The lowest BCUT2D eigenvalue weighted by atomic mass is 9.83. The maximum Gasteiger partial charge on any atom is 0.220 e. The molecule has 1 amide bonds. The van der Waals surface area contributed by atoms with E-state index in [1.54, 1.807) is 0 Å². The SMILES string of the molecule is CN(C)C1(CNC(=O)CC2CCCCC2N)CCCC1.Cl.Cl. The van der Waals surface area contributed by atoms with Crippen molar-refractivity contribution >= 4 is 30.7 Å². The number of nitrogens with zero attached hydrogens (tertiary/aromatic N) is 1. The Morgan fingerprint density at radius 3 is 2.27 bits per heavy atom. The van der Waals surface area contributed by atoms with E-state index in [-0.39, 0.29) is 42.3 Å². The van der Waals surface area contributed by atoms with Gasteiger partial charge >= 0.3 is 0 Å². The summed E-state index contributed by atoms with van der Waals surface area (Å²) in [5.41, 5.74) is 6.32. The highest BCUT2D eigenvalue weighted by molar-refractivity contribution is 5.85. The van der Waals surface area contributed by atoms with Gasteiger partial charge in [0.1, 0.15) is 0 Å². The van der Waals surface area contributed by atoms with E-state index in [1.807, 2.05) is 0 Å². The van der Waals surface area contributed by atoms with Crippen molar-refractivity contribution in [2.75, 3.05) is 20.6 Å². The summed E-state index contributed by atoms with van der Waals surface area (Å²) in [7, 11) is 4.27. The number of rotatable bonds is 5. The van der Waals surface area contributed by atoms with Crippen molar-refractivity contribution in [2.24, 2.45) is 11.7 Å². The number of carbonyl (C=O) groups is 1. The van der Waals surface area contributed by atoms with Gasteiger partial charge in [-0.2, -0.15) is 0 Å². The Kier molecular flexibility index (Phi) is 9.95. The smallest absolute Gasteiger partial charge is 0.220 e. The van der Waals surface area contributed by atoms with Gasteiger partial charge in [0.05, 0.1) is 0 Å². The standard InChI is InChI=1S/C16H31N3O.2ClH/c1-19(2)16(9-5-6-10-16)12-18-15(20)11-13-7-3-4-8-14(13)17;;/h13-14H,3-12,17H2,1-2H3,(H,18,20);2*1H. The largest absolute Gasteiger partial charge is 0.354 e. The Morgan fingerprint density at radius 1 is 1.14 bits per heavy atom. The average molecular weight is 354 g/mol. The highest BCUT2D eigenvalue weighted by atomic mass is 35.5. The molecule has 132 valence electrons. The normalized spacial score (nSPS) is 26.9. The zero-order valence-corrected chi connectivity index (χ0v) is 15.6. The first-order chi connectivity index (χ1) is 9.53. The number of halogens is 2. The van der Waals surface area contributed by atoms with E-state index in [0.29, 0.717) is 12.3 Å². The first-order valence-corrected chi connectivity index (χ1v) is 8.23. The summed E-state index contributed by atoms with van der Waals surface area (Å²) >= 11 is 0. The van der Waals surface area contributed by atoms with Gasteiger partial charge in [0, 0.05) is 24.5 Å². The zero-order chi connectivity index (χ0) is 14.6. The first kappa shape index (κ1) is 22.0. The molecule has 0 radical (unpaired) electrons. The van der Waals surface area contributed by atoms with Crippen molar-refractivity contribution < 1.29 is 4.79 Å². The van der Waals surface area contributed by atoms with E-state index in [0.717, 1.165) is 19.4 Å². The van der Waals surface area contributed by atoms with Gasteiger partial charge in [-0.25, -0.2) is 0 Å². The molecule has 2 unspecified atom stereocenters. The van der Waals surface area contributed by atoms with Crippen LogP contribution in [0.5, 0.6) is 0 Å². The van der Waals surface area contributed by atoms with Crippen LogP contribution in [0, 0.1) is 5.92 Å². The monoisotopic (exact) mass is 353 g/mol. The van der Waals surface area contributed by atoms with Gasteiger partial charge in [-0.15, -0.1) is 24.8 Å². The van der Waals surface area contributed by atoms with Crippen LogP contribution in [0.3, 0.4) is 0 Å². The minimum Gasteiger partial charge on any atom is -0.354 e. The molecule has 0 heterocycles. The molecule has 0 aromatic heterocycles. The summed E-state index contributed by atoms with van der Waals surface area (Å²) < 4.78 is 0. The van der Waals surface area contributed by atoms with E-state index in [9.17, 15) is 4.79 Å². The fourth-order valence-corrected chi connectivity index (χ4v) is 3.88. The Balaban J connectivity index is 0.00000220. The van der Waals surface area contributed by atoms with Crippen molar-refractivity contribution in [3.63, 3.8) is 0 Å². The number of likely N-dealkylation sites (N-methyl/N-ethyl adjacent to an activating group) is 1. The molecule has 0 bridgehead atoms. The molecule has 0 spiro atoms. The fraction of sp³-hybridized carbons (Fsp3) is 0.938. The van der Waals surface area contributed by atoms with Gasteiger partial charge in [-0.05, 0) is 45.7 Å². The average Bonchev–Trinajstić information content (AvgIpc) is 2.89. The topological polar surface area (TPSA) is 58.4 Å².